The molecule has 0 spiro atoms. The normalized spacial score (nSPS) is 11.6. The number of alkyl halides is 4. The number of amides is 1. The van der Waals surface area contributed by atoms with Crippen LogP contribution in [0.4, 0.5) is 17.6 Å². The van der Waals surface area contributed by atoms with Gasteiger partial charge in [0.05, 0.1) is 0 Å². The van der Waals surface area contributed by atoms with Gasteiger partial charge in [-0.1, -0.05) is 11.8 Å². The van der Waals surface area contributed by atoms with Crippen LogP contribution < -0.4 is 0 Å². The van der Waals surface area contributed by atoms with E-state index >= 15 is 0 Å². The fourth-order valence-corrected chi connectivity index (χ4v) is 0.615. The predicted molar refractivity (Wildman–Crippen MR) is 44.7 cm³/mol. The van der Waals surface area contributed by atoms with E-state index in [0.717, 1.165) is 0 Å². The zero-order valence-electron chi connectivity index (χ0n) is 7.94. The number of carbonyl (C=O) groups excluding carboxylic acids is 1. The average Bonchev–Trinajstić information content (AvgIpc) is 2.14. The third-order valence-electron chi connectivity index (χ3n) is 1.17. The van der Waals surface area contributed by atoms with Crippen LogP contribution in [0.2, 0.25) is 0 Å². The second-order valence-corrected chi connectivity index (χ2v) is 2.30. The molecule has 0 aromatic carbocycles. The van der Waals surface area contributed by atoms with Gasteiger partial charge in [-0.15, -0.1) is 0 Å². The van der Waals surface area contributed by atoms with E-state index in [1.54, 1.807) is 0 Å². The molecule has 15 heavy (non-hydrogen) atoms. The van der Waals surface area contributed by atoms with Crippen molar-refractivity contribution in [2.45, 2.75) is 26.2 Å². The first kappa shape index (κ1) is 13.3. The summed E-state index contributed by atoms with van der Waals surface area (Å²) in [5, 5.41) is 0. The van der Waals surface area contributed by atoms with Crippen molar-refractivity contribution in [1.29, 1.82) is 0 Å². The number of hydrogen-bond acceptors (Lipinski definition) is 1. The van der Waals surface area contributed by atoms with Crippen LogP contribution in [0, 0.1) is 23.9 Å². The quantitative estimate of drug-likeness (QED) is 0.374. The lowest BCUT2D eigenvalue weighted by molar-refractivity contribution is -0.189. The number of rotatable bonds is 1. The fraction of sp³-hybridized carbons (Fsp3) is 0.444. The first-order chi connectivity index (χ1) is 6.84. The topological polar surface area (TPSA) is 20.3 Å². The van der Waals surface area contributed by atoms with Crippen LogP contribution in [-0.2, 0) is 4.79 Å². The van der Waals surface area contributed by atoms with Crippen LogP contribution in [0.15, 0.2) is 0 Å². The number of halogens is 4. The molecule has 0 aliphatic heterocycles. The van der Waals surface area contributed by atoms with E-state index in [-0.39, 0.29) is 4.90 Å². The Kier molecular flexibility index (Phi) is 4.66. The van der Waals surface area contributed by atoms with E-state index in [1.165, 1.54) is 13.8 Å². The molecule has 0 aliphatic rings. The van der Waals surface area contributed by atoms with Gasteiger partial charge in [-0.25, -0.2) is 4.39 Å². The molecule has 2 nitrogen and oxygen atoms in total. The Balaban J connectivity index is 4.90. The van der Waals surface area contributed by atoms with Crippen molar-refractivity contribution in [3.63, 3.8) is 0 Å². The maximum Gasteiger partial charge on any atom is 0.428 e. The molecule has 1 amide bonds. The minimum atomic E-state index is -5.24. The lowest BCUT2D eigenvalue weighted by Crippen LogP contribution is -2.40. The molecule has 0 fully saturated rings. The Morgan fingerprint density at radius 1 is 1.20 bits per heavy atom. The molecule has 0 aliphatic carbocycles. The molecule has 0 saturated carbocycles. The minimum absolute atomic E-state index is 0.193. The van der Waals surface area contributed by atoms with Crippen molar-refractivity contribution < 1.29 is 22.4 Å². The molecule has 0 radical (unpaired) electrons. The third kappa shape index (κ3) is 3.90. The zero-order chi connectivity index (χ0) is 12.1. The van der Waals surface area contributed by atoms with Gasteiger partial charge in [0.1, 0.15) is 0 Å². The summed E-state index contributed by atoms with van der Waals surface area (Å²) in [5.41, 5.74) is 0. The monoisotopic (exact) mass is 221 g/mol. The van der Waals surface area contributed by atoms with E-state index in [2.05, 4.69) is 11.8 Å². The molecule has 1 unspecified atom stereocenters. The second-order valence-electron chi connectivity index (χ2n) is 2.30. The van der Waals surface area contributed by atoms with Crippen LogP contribution >= 0.6 is 0 Å². The summed E-state index contributed by atoms with van der Waals surface area (Å²) in [5.74, 6) is 2.49. The van der Waals surface area contributed by atoms with Crippen LogP contribution in [-0.4, -0.2) is 23.2 Å². The highest BCUT2D eigenvalue weighted by Gasteiger charge is 2.47. The van der Waals surface area contributed by atoms with Crippen molar-refractivity contribution in [3.05, 3.63) is 0 Å². The van der Waals surface area contributed by atoms with Gasteiger partial charge in [-0.05, 0) is 13.8 Å². The smallest absolute Gasteiger partial charge is 0.269 e. The van der Waals surface area contributed by atoms with E-state index < -0.39 is 18.3 Å². The van der Waals surface area contributed by atoms with Crippen LogP contribution in [0.5, 0.6) is 0 Å². The number of carbonyl (C=O) groups is 1. The van der Waals surface area contributed by atoms with Crippen molar-refractivity contribution in [2.24, 2.45) is 0 Å². The summed E-state index contributed by atoms with van der Waals surface area (Å²) >= 11 is 0. The Hall–Kier alpha value is -1.69. The van der Waals surface area contributed by atoms with Gasteiger partial charge >= 0.3 is 6.18 Å². The fourth-order valence-electron chi connectivity index (χ4n) is 0.615. The van der Waals surface area contributed by atoms with Gasteiger partial charge in [0.2, 0.25) is 0 Å². The first-order valence-corrected chi connectivity index (χ1v) is 3.74. The number of nitrogens with zero attached hydrogens (tertiary/aromatic N) is 1. The first-order valence-electron chi connectivity index (χ1n) is 3.74. The Morgan fingerprint density at radius 2 is 1.60 bits per heavy atom. The van der Waals surface area contributed by atoms with E-state index in [4.69, 9.17) is 0 Å². The molecule has 0 aromatic rings. The van der Waals surface area contributed by atoms with Gasteiger partial charge in [-0.2, -0.15) is 18.1 Å². The second kappa shape index (κ2) is 5.26. The molecule has 0 heterocycles. The molecule has 82 valence electrons. The zero-order valence-corrected chi connectivity index (χ0v) is 7.94. The molecule has 6 heteroatoms. The van der Waals surface area contributed by atoms with Crippen LogP contribution in [0.3, 0.4) is 0 Å². The van der Waals surface area contributed by atoms with Crippen molar-refractivity contribution in [1.82, 2.24) is 4.90 Å². The summed E-state index contributed by atoms with van der Waals surface area (Å²) < 4.78 is 48.0. The molecule has 0 rings (SSSR count). The van der Waals surface area contributed by atoms with E-state index in [0.29, 0.717) is 0 Å². The summed E-state index contributed by atoms with van der Waals surface area (Å²) in [7, 11) is 0. The van der Waals surface area contributed by atoms with Crippen molar-refractivity contribution >= 4 is 5.91 Å². The predicted octanol–water partition coefficient (Wildman–Crippen LogP) is 1.68. The lowest BCUT2D eigenvalue weighted by Gasteiger charge is -2.14. The van der Waals surface area contributed by atoms with Gasteiger partial charge in [-0.3, -0.25) is 4.79 Å². The Morgan fingerprint density at radius 3 is 1.87 bits per heavy atom. The van der Waals surface area contributed by atoms with Crippen molar-refractivity contribution in [3.8, 4) is 23.9 Å². The summed E-state index contributed by atoms with van der Waals surface area (Å²) in [6.07, 6.45) is -8.83. The van der Waals surface area contributed by atoms with Gasteiger partial charge < -0.3 is 0 Å². The Labute approximate surface area is 84.2 Å². The van der Waals surface area contributed by atoms with Crippen molar-refractivity contribution in [2.75, 3.05) is 0 Å². The minimum Gasteiger partial charge on any atom is -0.269 e. The van der Waals surface area contributed by atoms with Gasteiger partial charge in [0.15, 0.2) is 0 Å². The maximum atomic E-state index is 12.5. The van der Waals surface area contributed by atoms with E-state index in [9.17, 15) is 22.4 Å². The molecule has 0 N–H and O–H groups in total. The highest BCUT2D eigenvalue weighted by Crippen LogP contribution is 2.24. The molecular weight excluding hydrogens is 214 g/mol. The maximum absolute atomic E-state index is 12.5. The van der Waals surface area contributed by atoms with Gasteiger partial charge in [0.25, 0.3) is 12.1 Å². The molecule has 0 bridgehead atoms. The Bertz CT molecular complexity index is 332. The van der Waals surface area contributed by atoms with Crippen LogP contribution in [0.25, 0.3) is 0 Å². The largest absolute Gasteiger partial charge is 0.428 e. The van der Waals surface area contributed by atoms with Gasteiger partial charge in [0, 0.05) is 12.1 Å². The molecule has 1 atom stereocenters. The summed E-state index contributed by atoms with van der Waals surface area (Å²) in [6.45, 7) is 2.58. The third-order valence-corrected chi connectivity index (χ3v) is 1.17. The summed E-state index contributed by atoms with van der Waals surface area (Å²) in [4.78, 5) is 11.1. The summed E-state index contributed by atoms with van der Waals surface area (Å²) in [6, 6.07) is 3.91. The van der Waals surface area contributed by atoms with Crippen LogP contribution in [0.1, 0.15) is 13.8 Å². The molecule has 0 aromatic heterocycles. The SMILES string of the molecule is CC#CN(C#CC)C(=O)C(F)C(F)(F)F. The lowest BCUT2D eigenvalue weighted by atomic mass is 10.3. The number of hydrogen-bond donors (Lipinski definition) is 0. The highest BCUT2D eigenvalue weighted by molar-refractivity contribution is 5.85. The average molecular weight is 221 g/mol. The highest BCUT2D eigenvalue weighted by atomic mass is 19.4. The molecular formula is C9H7F4NO. The standard InChI is InChI=1S/C9H7F4NO/c1-3-5-14(6-4-2)8(15)7(10)9(11,12)13/h7H,1-2H3. The molecule has 0 saturated heterocycles. The van der Waals surface area contributed by atoms with E-state index in [1.807, 2.05) is 12.1 Å².